The summed E-state index contributed by atoms with van der Waals surface area (Å²) >= 11 is 0. The molecule has 0 atom stereocenters. The van der Waals surface area contributed by atoms with Gasteiger partial charge < -0.3 is 10.0 Å². The highest BCUT2D eigenvalue weighted by Crippen LogP contribution is 2.05. The molecule has 94 valence electrons. The van der Waals surface area contributed by atoms with Crippen LogP contribution in [0.2, 0.25) is 0 Å². The summed E-state index contributed by atoms with van der Waals surface area (Å²) in [5, 5.41) is 8.56. The molecular formula is C14H21NO2. The van der Waals surface area contributed by atoms with Crippen LogP contribution >= 0.6 is 0 Å². The molecule has 0 aliphatic heterocycles. The summed E-state index contributed by atoms with van der Waals surface area (Å²) in [7, 11) is 1.98. The van der Waals surface area contributed by atoms with Crippen LogP contribution < -0.4 is 0 Å². The normalized spacial score (nSPS) is 10.7. The molecule has 1 aromatic carbocycles. The number of nitrogens with zero attached hydrogens (tertiary/aromatic N) is 1. The molecule has 0 bridgehead atoms. The number of rotatable bonds is 8. The van der Waals surface area contributed by atoms with Gasteiger partial charge in [0.05, 0.1) is 6.42 Å². The third-order valence-electron chi connectivity index (χ3n) is 2.81. The van der Waals surface area contributed by atoms with Gasteiger partial charge >= 0.3 is 5.97 Å². The molecule has 0 fully saturated rings. The number of unbranched alkanes of at least 4 members (excludes halogenated alkanes) is 1. The van der Waals surface area contributed by atoms with E-state index in [-0.39, 0.29) is 6.42 Å². The van der Waals surface area contributed by atoms with Crippen LogP contribution in [-0.4, -0.2) is 36.1 Å². The van der Waals surface area contributed by atoms with Crippen molar-refractivity contribution in [1.82, 2.24) is 4.90 Å². The largest absolute Gasteiger partial charge is 0.481 e. The Morgan fingerprint density at radius 2 is 1.88 bits per heavy atom. The average Bonchev–Trinajstić information content (AvgIpc) is 2.33. The summed E-state index contributed by atoms with van der Waals surface area (Å²) in [6, 6.07) is 10.5. The van der Waals surface area contributed by atoms with E-state index in [1.165, 1.54) is 5.56 Å². The number of hydrogen-bond donors (Lipinski definition) is 1. The van der Waals surface area contributed by atoms with Crippen molar-refractivity contribution in [3.63, 3.8) is 0 Å². The van der Waals surface area contributed by atoms with Crippen LogP contribution in [0.3, 0.4) is 0 Å². The third-order valence-corrected chi connectivity index (χ3v) is 2.81. The van der Waals surface area contributed by atoms with Crippen molar-refractivity contribution in [3.8, 4) is 0 Å². The van der Waals surface area contributed by atoms with Crippen LogP contribution in [0.5, 0.6) is 0 Å². The lowest BCUT2D eigenvalue weighted by Crippen LogP contribution is -2.22. The number of carbonyl (C=O) groups is 1. The zero-order valence-corrected chi connectivity index (χ0v) is 10.4. The molecule has 1 aromatic rings. The monoisotopic (exact) mass is 235 g/mol. The lowest BCUT2D eigenvalue weighted by molar-refractivity contribution is -0.137. The van der Waals surface area contributed by atoms with E-state index in [1.54, 1.807) is 0 Å². The first-order valence-electron chi connectivity index (χ1n) is 6.13. The quantitative estimate of drug-likeness (QED) is 0.703. The first kappa shape index (κ1) is 13.7. The van der Waals surface area contributed by atoms with Crippen molar-refractivity contribution in [2.24, 2.45) is 0 Å². The Morgan fingerprint density at radius 3 is 2.53 bits per heavy atom. The summed E-state index contributed by atoms with van der Waals surface area (Å²) in [5.74, 6) is -0.721. The fourth-order valence-corrected chi connectivity index (χ4v) is 1.75. The Morgan fingerprint density at radius 1 is 1.18 bits per heavy atom. The summed E-state index contributed by atoms with van der Waals surface area (Å²) in [6.45, 7) is 1.61. The molecule has 1 N–H and O–H groups in total. The standard InChI is InChI=1S/C14H21NO2/c1-15(12-10-14(16)17)11-6-5-9-13-7-3-2-4-8-13/h2-4,7-8H,5-6,9-12H2,1H3,(H,16,17). The van der Waals surface area contributed by atoms with Gasteiger partial charge in [0.1, 0.15) is 0 Å². The van der Waals surface area contributed by atoms with Crippen LogP contribution in [0.25, 0.3) is 0 Å². The minimum Gasteiger partial charge on any atom is -0.481 e. The first-order valence-corrected chi connectivity index (χ1v) is 6.13. The predicted octanol–water partition coefficient (Wildman–Crippen LogP) is 2.42. The second-order valence-electron chi connectivity index (χ2n) is 4.39. The molecule has 0 unspecified atom stereocenters. The average molecular weight is 235 g/mol. The highest BCUT2D eigenvalue weighted by Gasteiger charge is 2.02. The van der Waals surface area contributed by atoms with Gasteiger partial charge in [-0.25, -0.2) is 0 Å². The second-order valence-corrected chi connectivity index (χ2v) is 4.39. The third kappa shape index (κ3) is 6.74. The maximum atomic E-state index is 10.4. The van der Waals surface area contributed by atoms with Gasteiger partial charge in [0.25, 0.3) is 0 Å². The minimum absolute atomic E-state index is 0.231. The van der Waals surface area contributed by atoms with E-state index in [0.717, 1.165) is 25.8 Å². The molecule has 0 saturated carbocycles. The van der Waals surface area contributed by atoms with Crippen LogP contribution in [0.1, 0.15) is 24.8 Å². The van der Waals surface area contributed by atoms with Crippen LogP contribution in [-0.2, 0) is 11.2 Å². The highest BCUT2D eigenvalue weighted by atomic mass is 16.4. The van der Waals surface area contributed by atoms with E-state index in [2.05, 4.69) is 29.2 Å². The van der Waals surface area contributed by atoms with Crippen molar-refractivity contribution in [1.29, 1.82) is 0 Å². The molecule has 3 heteroatoms. The molecular weight excluding hydrogens is 214 g/mol. The molecule has 0 aliphatic carbocycles. The Hall–Kier alpha value is -1.35. The molecule has 0 amide bonds. The Bertz CT molecular complexity index is 324. The molecule has 0 aromatic heterocycles. The number of carboxylic acid groups (broad SMARTS) is 1. The lowest BCUT2D eigenvalue weighted by atomic mass is 10.1. The van der Waals surface area contributed by atoms with E-state index in [0.29, 0.717) is 6.54 Å². The number of carboxylic acids is 1. The zero-order chi connectivity index (χ0) is 12.5. The van der Waals surface area contributed by atoms with E-state index in [9.17, 15) is 4.79 Å². The zero-order valence-electron chi connectivity index (χ0n) is 10.4. The highest BCUT2D eigenvalue weighted by molar-refractivity contribution is 5.66. The summed E-state index contributed by atoms with van der Waals surface area (Å²) < 4.78 is 0. The molecule has 17 heavy (non-hydrogen) atoms. The van der Waals surface area contributed by atoms with Gasteiger partial charge in [-0.05, 0) is 38.4 Å². The fourth-order valence-electron chi connectivity index (χ4n) is 1.75. The smallest absolute Gasteiger partial charge is 0.304 e. The SMILES string of the molecule is CN(CCCCc1ccccc1)CCC(=O)O. The second kappa shape index (κ2) is 7.85. The van der Waals surface area contributed by atoms with E-state index in [4.69, 9.17) is 5.11 Å². The molecule has 1 rings (SSSR count). The predicted molar refractivity (Wildman–Crippen MR) is 69.1 cm³/mol. The van der Waals surface area contributed by atoms with Gasteiger partial charge in [-0.15, -0.1) is 0 Å². The van der Waals surface area contributed by atoms with Crippen molar-refractivity contribution in [3.05, 3.63) is 35.9 Å². The molecule has 0 saturated heterocycles. The Balaban J connectivity index is 2.06. The number of aryl methyl sites for hydroxylation is 1. The summed E-state index contributed by atoms with van der Waals surface area (Å²) in [4.78, 5) is 12.5. The fraction of sp³-hybridized carbons (Fsp3) is 0.500. The van der Waals surface area contributed by atoms with Gasteiger partial charge in [0, 0.05) is 6.54 Å². The maximum Gasteiger partial charge on any atom is 0.304 e. The van der Waals surface area contributed by atoms with Crippen molar-refractivity contribution < 1.29 is 9.90 Å². The molecule has 0 radical (unpaired) electrons. The number of aliphatic carboxylic acids is 1. The van der Waals surface area contributed by atoms with Crippen molar-refractivity contribution >= 4 is 5.97 Å². The van der Waals surface area contributed by atoms with Gasteiger partial charge in [0.2, 0.25) is 0 Å². The van der Waals surface area contributed by atoms with Crippen molar-refractivity contribution in [2.45, 2.75) is 25.7 Å². The minimum atomic E-state index is -0.721. The van der Waals surface area contributed by atoms with Gasteiger partial charge in [-0.3, -0.25) is 4.79 Å². The summed E-state index contributed by atoms with van der Waals surface area (Å²) in [6.07, 6.45) is 3.61. The molecule has 0 heterocycles. The van der Waals surface area contributed by atoms with E-state index >= 15 is 0 Å². The van der Waals surface area contributed by atoms with Crippen molar-refractivity contribution in [2.75, 3.05) is 20.1 Å². The van der Waals surface area contributed by atoms with E-state index in [1.807, 2.05) is 13.1 Å². The van der Waals surface area contributed by atoms with E-state index < -0.39 is 5.97 Å². The van der Waals surface area contributed by atoms with Crippen LogP contribution in [0.15, 0.2) is 30.3 Å². The van der Waals surface area contributed by atoms with Gasteiger partial charge in [0.15, 0.2) is 0 Å². The first-order chi connectivity index (χ1) is 8.18. The Kier molecular flexibility index (Phi) is 6.33. The molecule has 0 spiro atoms. The maximum absolute atomic E-state index is 10.4. The summed E-state index contributed by atoms with van der Waals surface area (Å²) in [5.41, 5.74) is 1.38. The van der Waals surface area contributed by atoms with Gasteiger partial charge in [-0.1, -0.05) is 30.3 Å². The molecule has 3 nitrogen and oxygen atoms in total. The number of benzene rings is 1. The van der Waals surface area contributed by atoms with Crippen LogP contribution in [0.4, 0.5) is 0 Å². The topological polar surface area (TPSA) is 40.5 Å². The molecule has 0 aliphatic rings. The Labute approximate surface area is 103 Å². The lowest BCUT2D eigenvalue weighted by Gasteiger charge is -2.14. The van der Waals surface area contributed by atoms with Crippen LogP contribution in [0, 0.1) is 0 Å². The van der Waals surface area contributed by atoms with Gasteiger partial charge in [-0.2, -0.15) is 0 Å². The number of hydrogen-bond acceptors (Lipinski definition) is 2.